The first-order valence-corrected chi connectivity index (χ1v) is 6.40. The molecule has 0 amide bonds. The Labute approximate surface area is 120 Å². The third-order valence-corrected chi connectivity index (χ3v) is 2.99. The first-order chi connectivity index (χ1) is 9.74. The molecule has 1 aromatic carbocycles. The van der Waals surface area contributed by atoms with Gasteiger partial charge in [0.25, 0.3) is 0 Å². The van der Waals surface area contributed by atoms with E-state index in [1.807, 2.05) is 24.3 Å². The van der Waals surface area contributed by atoms with Gasteiger partial charge in [-0.2, -0.15) is 0 Å². The molecule has 3 aromatic rings. The summed E-state index contributed by atoms with van der Waals surface area (Å²) in [5.74, 6) is 2.05. The van der Waals surface area contributed by atoms with Crippen molar-refractivity contribution in [2.24, 2.45) is 0 Å². The zero-order chi connectivity index (χ0) is 13.9. The molecule has 0 atom stereocenters. The van der Waals surface area contributed by atoms with Gasteiger partial charge in [0, 0.05) is 23.4 Å². The van der Waals surface area contributed by atoms with Crippen LogP contribution >= 0.6 is 11.6 Å². The predicted molar refractivity (Wildman–Crippen MR) is 75.3 cm³/mol. The average Bonchev–Trinajstić information content (AvgIpc) is 2.87. The van der Waals surface area contributed by atoms with E-state index in [2.05, 4.69) is 10.1 Å². The van der Waals surface area contributed by atoms with Gasteiger partial charge in [0.2, 0.25) is 0 Å². The molecule has 20 heavy (non-hydrogen) atoms. The first-order valence-electron chi connectivity index (χ1n) is 6.02. The zero-order valence-corrected chi connectivity index (χ0v) is 11.5. The van der Waals surface area contributed by atoms with Crippen LogP contribution < -0.4 is 9.47 Å². The van der Waals surface area contributed by atoms with Crippen molar-refractivity contribution in [2.45, 2.75) is 6.61 Å². The largest absolute Gasteiger partial charge is 0.497 e. The van der Waals surface area contributed by atoms with Crippen LogP contribution in [-0.4, -0.2) is 21.7 Å². The Morgan fingerprint density at radius 3 is 2.90 bits per heavy atom. The molecular weight excluding hydrogens is 278 g/mol. The molecule has 0 saturated heterocycles. The van der Waals surface area contributed by atoms with Gasteiger partial charge in [-0.15, -0.1) is 5.10 Å². The van der Waals surface area contributed by atoms with Gasteiger partial charge >= 0.3 is 0 Å². The fraction of sp³-hybridized carbons (Fsp3) is 0.143. The molecule has 0 fully saturated rings. The standard InChI is InChI=1S/C14H12ClN3O2/c1-19-11-3-2-4-12(8-11)20-9-13-16-14-7-10(15)5-6-18(14)17-13/h2-8H,9H2,1H3. The second kappa shape index (κ2) is 5.38. The summed E-state index contributed by atoms with van der Waals surface area (Å²) in [7, 11) is 1.62. The Kier molecular flexibility index (Phi) is 3.43. The fourth-order valence-electron chi connectivity index (χ4n) is 1.80. The van der Waals surface area contributed by atoms with Crippen molar-refractivity contribution in [1.29, 1.82) is 0 Å². The van der Waals surface area contributed by atoms with Gasteiger partial charge in [-0.3, -0.25) is 0 Å². The number of halogens is 1. The number of rotatable bonds is 4. The number of hydrogen-bond donors (Lipinski definition) is 0. The molecule has 0 radical (unpaired) electrons. The highest BCUT2D eigenvalue weighted by molar-refractivity contribution is 6.30. The minimum Gasteiger partial charge on any atom is -0.497 e. The molecule has 5 nitrogen and oxygen atoms in total. The molecule has 2 aromatic heterocycles. The van der Waals surface area contributed by atoms with E-state index in [-0.39, 0.29) is 6.61 Å². The SMILES string of the molecule is COc1cccc(OCc2nc3cc(Cl)ccn3n2)c1. The van der Waals surface area contributed by atoms with Crippen LogP contribution in [0.3, 0.4) is 0 Å². The van der Waals surface area contributed by atoms with Crippen LogP contribution in [0.4, 0.5) is 0 Å². The number of nitrogens with zero attached hydrogens (tertiary/aromatic N) is 3. The summed E-state index contributed by atoms with van der Waals surface area (Å²) in [5, 5.41) is 4.93. The van der Waals surface area contributed by atoms with E-state index < -0.39 is 0 Å². The maximum Gasteiger partial charge on any atom is 0.189 e. The number of hydrogen-bond acceptors (Lipinski definition) is 4. The predicted octanol–water partition coefficient (Wildman–Crippen LogP) is 2.97. The maximum atomic E-state index is 5.91. The van der Waals surface area contributed by atoms with Crippen LogP contribution in [0, 0.1) is 0 Å². The summed E-state index contributed by atoms with van der Waals surface area (Å²) < 4.78 is 12.4. The average molecular weight is 290 g/mol. The molecule has 0 N–H and O–H groups in total. The van der Waals surface area contributed by atoms with Crippen LogP contribution in [-0.2, 0) is 6.61 Å². The van der Waals surface area contributed by atoms with E-state index in [0.29, 0.717) is 22.2 Å². The maximum absolute atomic E-state index is 5.91. The topological polar surface area (TPSA) is 48.7 Å². The molecule has 0 bridgehead atoms. The molecule has 0 saturated carbocycles. The van der Waals surface area contributed by atoms with E-state index >= 15 is 0 Å². The summed E-state index contributed by atoms with van der Waals surface area (Å²) in [4.78, 5) is 4.34. The molecule has 0 aliphatic rings. The number of fused-ring (bicyclic) bond motifs is 1. The van der Waals surface area contributed by atoms with Gasteiger partial charge in [-0.1, -0.05) is 17.7 Å². The van der Waals surface area contributed by atoms with E-state index in [0.717, 1.165) is 5.75 Å². The number of benzene rings is 1. The van der Waals surface area contributed by atoms with Gasteiger partial charge in [-0.05, 0) is 18.2 Å². The van der Waals surface area contributed by atoms with Crippen LogP contribution in [0.15, 0.2) is 42.6 Å². The lowest BCUT2D eigenvalue weighted by molar-refractivity contribution is 0.294. The number of ether oxygens (including phenoxy) is 2. The molecule has 3 rings (SSSR count). The molecule has 2 heterocycles. The van der Waals surface area contributed by atoms with Gasteiger partial charge < -0.3 is 9.47 Å². The van der Waals surface area contributed by atoms with Gasteiger partial charge in [-0.25, -0.2) is 9.50 Å². The number of aromatic nitrogens is 3. The molecule has 0 aliphatic carbocycles. The highest BCUT2D eigenvalue weighted by Gasteiger charge is 2.05. The smallest absolute Gasteiger partial charge is 0.189 e. The lowest BCUT2D eigenvalue weighted by Gasteiger charge is -2.05. The summed E-state index contributed by atoms with van der Waals surface area (Å²) >= 11 is 5.91. The highest BCUT2D eigenvalue weighted by atomic mass is 35.5. The molecule has 102 valence electrons. The molecular formula is C14H12ClN3O2. The Morgan fingerprint density at radius 1 is 1.20 bits per heavy atom. The quantitative estimate of drug-likeness (QED) is 0.741. The lowest BCUT2D eigenvalue weighted by atomic mass is 10.3. The van der Waals surface area contributed by atoms with Crippen molar-refractivity contribution in [3.05, 3.63) is 53.4 Å². The van der Waals surface area contributed by atoms with Gasteiger partial charge in [0.1, 0.15) is 18.1 Å². The summed E-state index contributed by atoms with van der Waals surface area (Å²) in [6, 6.07) is 10.9. The van der Waals surface area contributed by atoms with E-state index in [1.165, 1.54) is 0 Å². The second-order valence-corrected chi connectivity index (χ2v) is 4.58. The third kappa shape index (κ3) is 2.67. The highest BCUT2D eigenvalue weighted by Crippen LogP contribution is 2.19. The van der Waals surface area contributed by atoms with Crippen molar-refractivity contribution in [3.8, 4) is 11.5 Å². The van der Waals surface area contributed by atoms with E-state index in [1.54, 1.807) is 30.0 Å². The molecule has 6 heteroatoms. The normalized spacial score (nSPS) is 10.7. The summed E-state index contributed by atoms with van der Waals surface area (Å²) in [6.07, 6.45) is 1.76. The van der Waals surface area contributed by atoms with E-state index in [9.17, 15) is 0 Å². The Morgan fingerprint density at radius 2 is 2.05 bits per heavy atom. The van der Waals surface area contributed by atoms with Gasteiger partial charge in [0.05, 0.1) is 7.11 Å². The monoisotopic (exact) mass is 289 g/mol. The third-order valence-electron chi connectivity index (χ3n) is 2.75. The summed E-state index contributed by atoms with van der Waals surface area (Å²) in [6.45, 7) is 0.284. The Hall–Kier alpha value is -2.27. The number of methoxy groups -OCH3 is 1. The van der Waals surface area contributed by atoms with Gasteiger partial charge in [0.15, 0.2) is 11.5 Å². The summed E-state index contributed by atoms with van der Waals surface area (Å²) in [5.41, 5.74) is 0.696. The van der Waals surface area contributed by atoms with E-state index in [4.69, 9.17) is 21.1 Å². The van der Waals surface area contributed by atoms with Crippen LogP contribution in [0.1, 0.15) is 5.82 Å². The van der Waals surface area contributed by atoms with Crippen LogP contribution in [0.25, 0.3) is 5.65 Å². The minimum atomic E-state index is 0.284. The van der Waals surface area contributed by atoms with Crippen molar-refractivity contribution >= 4 is 17.2 Å². The Balaban J connectivity index is 1.76. The van der Waals surface area contributed by atoms with Crippen molar-refractivity contribution in [2.75, 3.05) is 7.11 Å². The molecule has 0 spiro atoms. The van der Waals surface area contributed by atoms with Crippen LogP contribution in [0.5, 0.6) is 11.5 Å². The number of pyridine rings is 1. The van der Waals surface area contributed by atoms with Crippen molar-refractivity contribution in [3.63, 3.8) is 0 Å². The molecule has 0 aliphatic heterocycles. The Bertz CT molecular complexity index is 742. The zero-order valence-electron chi connectivity index (χ0n) is 10.8. The minimum absolute atomic E-state index is 0.284. The lowest BCUT2D eigenvalue weighted by Crippen LogP contribution is -1.98. The van der Waals surface area contributed by atoms with Crippen LogP contribution in [0.2, 0.25) is 5.02 Å². The molecule has 0 unspecified atom stereocenters. The van der Waals surface area contributed by atoms with Crippen molar-refractivity contribution in [1.82, 2.24) is 14.6 Å². The second-order valence-electron chi connectivity index (χ2n) is 4.14. The fourth-order valence-corrected chi connectivity index (χ4v) is 1.96. The van der Waals surface area contributed by atoms with Crippen molar-refractivity contribution < 1.29 is 9.47 Å². The first kappa shape index (κ1) is 12.7.